The van der Waals surface area contributed by atoms with E-state index >= 15 is 8.42 Å². The van der Waals surface area contributed by atoms with Crippen molar-refractivity contribution in [1.29, 1.82) is 0 Å². The molecule has 0 radical (unpaired) electrons. The van der Waals surface area contributed by atoms with E-state index in [0.717, 1.165) is 28.5 Å². The first-order valence-corrected chi connectivity index (χ1v) is 20.9. The first kappa shape index (κ1) is 42.7. The molecule has 0 aliphatic carbocycles. The maximum Gasteiger partial charge on any atom is 0.408 e. The molecule has 5 aromatic rings. The minimum absolute atomic E-state index is 0.00104. The second kappa shape index (κ2) is 18.7. The Balaban J connectivity index is 1.65. The summed E-state index contributed by atoms with van der Waals surface area (Å²) in [4.78, 5) is 15.3. The number of thioether (sulfide) groups is 1. The van der Waals surface area contributed by atoms with Crippen molar-refractivity contribution in [1.82, 2.24) is 29.4 Å². The van der Waals surface area contributed by atoms with Gasteiger partial charge in [-0.05, 0) is 114 Å². The molecule has 0 aliphatic rings. The van der Waals surface area contributed by atoms with Gasteiger partial charge in [0.25, 0.3) is 0 Å². The zero-order valence-corrected chi connectivity index (χ0v) is 35.7. The van der Waals surface area contributed by atoms with Gasteiger partial charge in [0.1, 0.15) is 22.1 Å². The maximum absolute atomic E-state index is 15.4. The third kappa shape index (κ3) is 10.3. The van der Waals surface area contributed by atoms with Gasteiger partial charge in [-0.3, -0.25) is 4.90 Å². The normalized spacial score (nSPS) is 12.4. The lowest BCUT2D eigenvalue weighted by molar-refractivity contribution is 0.0549. The van der Waals surface area contributed by atoms with Crippen LogP contribution in [0.1, 0.15) is 37.5 Å². The predicted octanol–water partition coefficient (Wildman–Crippen LogP) is 6.64. The smallest absolute Gasteiger partial charge is 0.408 e. The van der Waals surface area contributed by atoms with Crippen molar-refractivity contribution in [3.63, 3.8) is 0 Å². The number of hydrogen-bond donors (Lipinski definition) is 2. The predicted molar refractivity (Wildman–Crippen MR) is 222 cm³/mol. The fraction of sp³-hybridized carbons (Fsp3) is 0.333. The molecule has 4 aromatic carbocycles. The van der Waals surface area contributed by atoms with Crippen LogP contribution in [0.15, 0.2) is 94.7 Å². The third-order valence-corrected chi connectivity index (χ3v) is 12.9. The summed E-state index contributed by atoms with van der Waals surface area (Å²) in [5.41, 5.74) is 1.72. The number of rotatable bonds is 17. The second-order valence-electron chi connectivity index (χ2n) is 13.7. The number of tetrazole rings is 1. The summed E-state index contributed by atoms with van der Waals surface area (Å²) in [6.45, 7) is 5.01. The Bertz CT molecular complexity index is 2150. The molecule has 1 aromatic heterocycles. The molecule has 17 heteroatoms. The number of aromatic nitrogens is 4. The lowest BCUT2D eigenvalue weighted by Gasteiger charge is -2.38. The number of methoxy groups -OCH3 is 3. The molecule has 298 valence electrons. The van der Waals surface area contributed by atoms with Gasteiger partial charge < -0.3 is 24.4 Å². The minimum atomic E-state index is -4.42. The van der Waals surface area contributed by atoms with Gasteiger partial charge in [-0.25, -0.2) is 13.2 Å². The number of sulfonamides is 1. The number of amides is 1. The van der Waals surface area contributed by atoms with E-state index in [0.29, 0.717) is 25.7 Å². The molecular formula is C39H45IN6O8S2. The highest BCUT2D eigenvalue weighted by Gasteiger charge is 2.36. The highest BCUT2D eigenvalue weighted by Crippen LogP contribution is 2.40. The Morgan fingerprint density at radius 3 is 1.79 bits per heavy atom. The quantitative estimate of drug-likeness (QED) is 0.0755. The Hall–Kier alpha value is -4.43. The minimum Gasteiger partial charge on any atom is -0.497 e. The van der Waals surface area contributed by atoms with Crippen molar-refractivity contribution in [2.24, 2.45) is 0 Å². The van der Waals surface area contributed by atoms with Gasteiger partial charge in [0.15, 0.2) is 0 Å². The molecule has 0 unspecified atom stereocenters. The number of nitrogens with zero attached hydrogens (tertiary/aromatic N) is 6. The van der Waals surface area contributed by atoms with E-state index in [1.54, 1.807) is 78.5 Å². The van der Waals surface area contributed by atoms with Crippen LogP contribution in [0.2, 0.25) is 0 Å². The van der Waals surface area contributed by atoms with Gasteiger partial charge in [-0.2, -0.15) is 9.10 Å². The van der Waals surface area contributed by atoms with E-state index in [1.165, 1.54) is 14.0 Å². The molecule has 1 atom stereocenters. The van der Waals surface area contributed by atoms with Gasteiger partial charge in [0.05, 0.1) is 46.1 Å². The highest BCUT2D eigenvalue weighted by molar-refractivity contribution is 14.1. The van der Waals surface area contributed by atoms with Crippen LogP contribution in [0.4, 0.5) is 4.79 Å². The molecular weight excluding hydrogens is 872 g/mol. The van der Waals surface area contributed by atoms with E-state index in [1.807, 2.05) is 48.5 Å². The lowest BCUT2D eigenvalue weighted by atomic mass is 10.0. The summed E-state index contributed by atoms with van der Waals surface area (Å²) in [7, 11) is 0.298. The Morgan fingerprint density at radius 1 is 0.839 bits per heavy atom. The molecule has 56 heavy (non-hydrogen) atoms. The summed E-state index contributed by atoms with van der Waals surface area (Å²) in [5, 5.41) is 33.9. The number of carboxylic acid groups (broad SMARTS) is 1. The fourth-order valence-electron chi connectivity index (χ4n) is 6.03. The van der Waals surface area contributed by atoms with E-state index in [9.17, 15) is 15.0 Å². The number of benzene rings is 4. The van der Waals surface area contributed by atoms with Crippen LogP contribution in [0.5, 0.6) is 17.2 Å². The van der Waals surface area contributed by atoms with Crippen LogP contribution in [0.25, 0.3) is 11.4 Å². The Labute approximate surface area is 345 Å². The molecule has 14 nitrogen and oxygen atoms in total. The molecule has 0 aliphatic heterocycles. The molecule has 2 N–H and O–H groups in total. The van der Waals surface area contributed by atoms with Gasteiger partial charge in [-0.15, -0.1) is 22.0 Å². The highest BCUT2D eigenvalue weighted by atomic mass is 127. The molecule has 0 bridgehead atoms. The Morgan fingerprint density at radius 2 is 1.34 bits per heavy atom. The van der Waals surface area contributed by atoms with Crippen LogP contribution in [0.3, 0.4) is 0 Å². The fourth-order valence-corrected chi connectivity index (χ4v) is 10.1. The van der Waals surface area contributed by atoms with Crippen molar-refractivity contribution >= 4 is 50.5 Å². The lowest BCUT2D eigenvalue weighted by Crippen LogP contribution is -2.53. The number of aliphatic hydroxyl groups is 1. The van der Waals surface area contributed by atoms with Crippen molar-refractivity contribution in [3.05, 3.63) is 105 Å². The topological polar surface area (TPSA) is 169 Å². The SMILES string of the molecule is COc1ccc(CN(Cc2ccc(OC)cc2)S(=O)(=O)c2c(SC[C@@H](CO)N(C(=O)O)C(C)(C)C)ccc(I)c2-c2nnn(Cc3ccc(OC)cc3)n2)cc1. The van der Waals surface area contributed by atoms with Gasteiger partial charge in [0.2, 0.25) is 15.8 Å². The summed E-state index contributed by atoms with van der Waals surface area (Å²) < 4.78 is 48.8. The van der Waals surface area contributed by atoms with Crippen LogP contribution < -0.4 is 14.2 Å². The average Bonchev–Trinajstić information content (AvgIpc) is 3.64. The van der Waals surface area contributed by atoms with E-state index in [-0.39, 0.29) is 41.7 Å². The zero-order valence-electron chi connectivity index (χ0n) is 31.9. The second-order valence-corrected chi connectivity index (χ2v) is 17.8. The molecule has 1 amide bonds. The average molecular weight is 917 g/mol. The maximum atomic E-state index is 15.4. The zero-order chi connectivity index (χ0) is 40.6. The first-order valence-electron chi connectivity index (χ1n) is 17.4. The summed E-state index contributed by atoms with van der Waals surface area (Å²) in [5.74, 6) is 2.11. The monoisotopic (exact) mass is 916 g/mol. The molecule has 0 saturated carbocycles. The van der Waals surface area contributed by atoms with E-state index in [2.05, 4.69) is 38.0 Å². The van der Waals surface area contributed by atoms with Crippen LogP contribution in [0, 0.1) is 3.57 Å². The van der Waals surface area contributed by atoms with Gasteiger partial charge in [0, 0.05) is 32.8 Å². The Kier molecular flexibility index (Phi) is 14.2. The molecule has 0 saturated heterocycles. The first-order chi connectivity index (χ1) is 26.7. The number of halogens is 1. The molecule has 0 spiro atoms. The van der Waals surface area contributed by atoms with Crippen LogP contribution >= 0.6 is 34.4 Å². The summed E-state index contributed by atoms with van der Waals surface area (Å²) in [6.07, 6.45) is -1.20. The van der Waals surface area contributed by atoms with Crippen LogP contribution in [-0.2, 0) is 29.7 Å². The largest absolute Gasteiger partial charge is 0.497 e. The van der Waals surface area contributed by atoms with Crippen molar-refractivity contribution in [3.8, 4) is 28.6 Å². The van der Waals surface area contributed by atoms with E-state index < -0.39 is 34.3 Å². The summed E-state index contributed by atoms with van der Waals surface area (Å²) >= 11 is 3.21. The number of ether oxygens (including phenoxy) is 3. The number of hydrogen-bond acceptors (Lipinski definition) is 11. The summed E-state index contributed by atoms with van der Waals surface area (Å²) in [6, 6.07) is 24.4. The van der Waals surface area contributed by atoms with Gasteiger partial charge >= 0.3 is 6.09 Å². The molecule has 5 rings (SSSR count). The van der Waals surface area contributed by atoms with Crippen LogP contribution in [-0.4, -0.2) is 99.4 Å². The van der Waals surface area contributed by atoms with E-state index in [4.69, 9.17) is 14.2 Å². The number of aliphatic hydroxyl groups excluding tert-OH is 1. The molecule has 0 fully saturated rings. The third-order valence-electron chi connectivity index (χ3n) is 8.80. The van der Waals surface area contributed by atoms with Crippen molar-refractivity contribution < 1.29 is 37.6 Å². The number of carbonyl (C=O) groups is 1. The molecule has 1 heterocycles. The van der Waals surface area contributed by atoms with Gasteiger partial charge in [-0.1, -0.05) is 36.4 Å². The van der Waals surface area contributed by atoms with Crippen molar-refractivity contribution in [2.45, 2.75) is 61.8 Å². The standard InChI is InChI=1S/C39H45IN6O8S2/c1-39(2,3)46(38(48)49)29(24-47)25-55-34-20-19-33(40)35(37-41-43-45(42-37)23-28-11-17-32(54-6)18-12-28)36(34)56(50,51)44(21-26-7-13-30(52-4)14-8-26)22-27-9-15-31(53-5)16-10-27/h7-20,29,47H,21-25H2,1-6H3,(H,48,49)/t29-/m1/s1. The van der Waals surface area contributed by atoms with Crippen molar-refractivity contribution in [2.75, 3.05) is 33.7 Å².